The minimum atomic E-state index is -0.585. The van der Waals surface area contributed by atoms with Crippen molar-refractivity contribution >= 4 is 11.8 Å². The first kappa shape index (κ1) is 11.8. The Kier molecular flexibility index (Phi) is 3.74. The summed E-state index contributed by atoms with van der Waals surface area (Å²) in [5.74, 6) is 0.941. The van der Waals surface area contributed by atoms with E-state index in [1.54, 1.807) is 12.1 Å². The second-order valence-corrected chi connectivity index (χ2v) is 5.25. The van der Waals surface area contributed by atoms with Crippen LogP contribution in [-0.4, -0.2) is 34.7 Å². The van der Waals surface area contributed by atoms with Gasteiger partial charge in [0.15, 0.2) is 0 Å². The summed E-state index contributed by atoms with van der Waals surface area (Å²) in [5, 5.41) is 23.1. The number of benzene rings is 1. The van der Waals surface area contributed by atoms with Crippen LogP contribution in [0.15, 0.2) is 29.2 Å². The summed E-state index contributed by atoms with van der Waals surface area (Å²) in [6.45, 7) is 1.75. The standard InChI is InChI=1S/C12H17NO2S/c14-10-3-1-2-4-11(10)16-9-12(15)5-7-13-8-6-12/h1-4,13-15H,5-9H2. The number of hydrogen-bond donors (Lipinski definition) is 3. The van der Waals surface area contributed by atoms with Gasteiger partial charge in [-0.3, -0.25) is 0 Å². The summed E-state index contributed by atoms with van der Waals surface area (Å²) in [6.07, 6.45) is 1.57. The molecule has 0 saturated carbocycles. The van der Waals surface area contributed by atoms with Crippen molar-refractivity contribution in [2.24, 2.45) is 0 Å². The largest absolute Gasteiger partial charge is 0.507 e. The van der Waals surface area contributed by atoms with Gasteiger partial charge in [-0.25, -0.2) is 0 Å². The van der Waals surface area contributed by atoms with Crippen LogP contribution in [0.2, 0.25) is 0 Å². The van der Waals surface area contributed by atoms with E-state index in [9.17, 15) is 10.2 Å². The second kappa shape index (κ2) is 5.08. The number of phenols is 1. The monoisotopic (exact) mass is 239 g/mol. The number of rotatable bonds is 3. The summed E-state index contributed by atoms with van der Waals surface area (Å²) in [7, 11) is 0. The molecule has 0 spiro atoms. The first-order valence-corrected chi connectivity index (χ1v) is 6.52. The van der Waals surface area contributed by atoms with Crippen LogP contribution in [-0.2, 0) is 0 Å². The van der Waals surface area contributed by atoms with E-state index in [1.807, 2.05) is 12.1 Å². The molecule has 1 aliphatic heterocycles. The van der Waals surface area contributed by atoms with Crippen molar-refractivity contribution in [1.29, 1.82) is 0 Å². The number of aliphatic hydroxyl groups is 1. The molecule has 2 rings (SSSR count). The summed E-state index contributed by atoms with van der Waals surface area (Å²) < 4.78 is 0. The summed E-state index contributed by atoms with van der Waals surface area (Å²) in [4.78, 5) is 0.842. The van der Waals surface area contributed by atoms with Gasteiger partial charge in [-0.1, -0.05) is 12.1 Å². The molecule has 16 heavy (non-hydrogen) atoms. The number of para-hydroxylation sites is 1. The normalized spacial score (nSPS) is 19.6. The molecule has 0 radical (unpaired) electrons. The van der Waals surface area contributed by atoms with Crippen molar-refractivity contribution in [2.45, 2.75) is 23.3 Å². The van der Waals surface area contributed by atoms with Gasteiger partial charge in [0.2, 0.25) is 0 Å². The number of nitrogens with one attached hydrogen (secondary N) is 1. The number of piperidine rings is 1. The van der Waals surface area contributed by atoms with Gasteiger partial charge in [0.1, 0.15) is 5.75 Å². The first-order valence-electron chi connectivity index (χ1n) is 5.54. The van der Waals surface area contributed by atoms with Crippen LogP contribution < -0.4 is 5.32 Å². The maximum absolute atomic E-state index is 10.3. The van der Waals surface area contributed by atoms with Crippen LogP contribution in [0.3, 0.4) is 0 Å². The third kappa shape index (κ3) is 2.90. The van der Waals surface area contributed by atoms with E-state index in [0.29, 0.717) is 11.5 Å². The van der Waals surface area contributed by atoms with Gasteiger partial charge in [0.05, 0.1) is 5.60 Å². The van der Waals surface area contributed by atoms with E-state index >= 15 is 0 Å². The molecule has 0 aliphatic carbocycles. The van der Waals surface area contributed by atoms with Crippen LogP contribution >= 0.6 is 11.8 Å². The molecule has 1 fully saturated rings. The smallest absolute Gasteiger partial charge is 0.129 e. The lowest BCUT2D eigenvalue weighted by atomic mass is 9.95. The molecule has 3 N–H and O–H groups in total. The first-order chi connectivity index (χ1) is 7.70. The van der Waals surface area contributed by atoms with Crippen molar-refractivity contribution in [3.05, 3.63) is 24.3 Å². The van der Waals surface area contributed by atoms with Gasteiger partial charge in [-0.05, 0) is 38.1 Å². The summed E-state index contributed by atoms with van der Waals surface area (Å²) >= 11 is 1.52. The molecule has 4 heteroatoms. The highest BCUT2D eigenvalue weighted by atomic mass is 32.2. The third-order valence-corrected chi connectivity index (χ3v) is 4.23. The average molecular weight is 239 g/mol. The van der Waals surface area contributed by atoms with E-state index in [-0.39, 0.29) is 0 Å². The van der Waals surface area contributed by atoms with Crippen LogP contribution in [0.5, 0.6) is 5.75 Å². The third-order valence-electron chi connectivity index (χ3n) is 2.90. The molecule has 1 aromatic carbocycles. The molecule has 88 valence electrons. The van der Waals surface area contributed by atoms with Crippen LogP contribution in [0.4, 0.5) is 0 Å². The maximum atomic E-state index is 10.3. The van der Waals surface area contributed by atoms with E-state index in [4.69, 9.17) is 0 Å². The Balaban J connectivity index is 1.94. The van der Waals surface area contributed by atoms with Gasteiger partial charge in [0, 0.05) is 10.6 Å². The van der Waals surface area contributed by atoms with Gasteiger partial charge in [-0.15, -0.1) is 11.8 Å². The van der Waals surface area contributed by atoms with E-state index in [2.05, 4.69) is 5.32 Å². The van der Waals surface area contributed by atoms with Gasteiger partial charge in [0.25, 0.3) is 0 Å². The zero-order valence-electron chi connectivity index (χ0n) is 9.15. The minimum Gasteiger partial charge on any atom is -0.507 e. The highest BCUT2D eigenvalue weighted by Gasteiger charge is 2.29. The van der Waals surface area contributed by atoms with Crippen molar-refractivity contribution in [1.82, 2.24) is 5.32 Å². The lowest BCUT2D eigenvalue weighted by molar-refractivity contribution is 0.0339. The van der Waals surface area contributed by atoms with Crippen LogP contribution in [0.1, 0.15) is 12.8 Å². The predicted octanol–water partition coefficient (Wildman–Crippen LogP) is 1.60. The van der Waals surface area contributed by atoms with E-state index in [1.165, 1.54) is 11.8 Å². The molecule has 1 saturated heterocycles. The van der Waals surface area contributed by atoms with Gasteiger partial charge in [-0.2, -0.15) is 0 Å². The SMILES string of the molecule is Oc1ccccc1SCC1(O)CCNCC1. The number of phenolic OH excluding ortho intramolecular Hbond substituents is 1. The Morgan fingerprint density at radius 3 is 2.62 bits per heavy atom. The topological polar surface area (TPSA) is 52.5 Å². The summed E-state index contributed by atoms with van der Waals surface area (Å²) in [6, 6.07) is 7.26. The lowest BCUT2D eigenvalue weighted by Crippen LogP contribution is -2.43. The Hall–Kier alpha value is -0.710. The average Bonchev–Trinajstić information content (AvgIpc) is 2.29. The van der Waals surface area contributed by atoms with Crippen LogP contribution in [0.25, 0.3) is 0 Å². The van der Waals surface area contributed by atoms with Gasteiger partial charge >= 0.3 is 0 Å². The molecule has 0 unspecified atom stereocenters. The Morgan fingerprint density at radius 2 is 1.94 bits per heavy atom. The molecule has 0 amide bonds. The van der Waals surface area contributed by atoms with Crippen molar-refractivity contribution in [3.8, 4) is 5.75 Å². The highest BCUT2D eigenvalue weighted by molar-refractivity contribution is 7.99. The fourth-order valence-electron chi connectivity index (χ4n) is 1.83. The number of aromatic hydroxyl groups is 1. The number of hydrogen-bond acceptors (Lipinski definition) is 4. The van der Waals surface area contributed by atoms with Crippen LogP contribution in [0, 0.1) is 0 Å². The maximum Gasteiger partial charge on any atom is 0.129 e. The Labute approximate surface area is 99.9 Å². The van der Waals surface area contributed by atoms with E-state index < -0.39 is 5.60 Å². The molecule has 3 nitrogen and oxygen atoms in total. The van der Waals surface area contributed by atoms with E-state index in [0.717, 1.165) is 30.8 Å². The number of thioether (sulfide) groups is 1. The molecule has 0 atom stereocenters. The highest BCUT2D eigenvalue weighted by Crippen LogP contribution is 2.32. The minimum absolute atomic E-state index is 0.296. The Morgan fingerprint density at radius 1 is 1.25 bits per heavy atom. The molecule has 1 aromatic rings. The van der Waals surface area contributed by atoms with Crippen molar-refractivity contribution < 1.29 is 10.2 Å². The van der Waals surface area contributed by atoms with Crippen molar-refractivity contribution in [3.63, 3.8) is 0 Å². The second-order valence-electron chi connectivity index (χ2n) is 4.23. The molecular formula is C12H17NO2S. The molecule has 0 bridgehead atoms. The fourth-order valence-corrected chi connectivity index (χ4v) is 2.93. The molecule has 1 aliphatic rings. The van der Waals surface area contributed by atoms with Gasteiger partial charge < -0.3 is 15.5 Å². The molecule has 0 aromatic heterocycles. The predicted molar refractivity (Wildman–Crippen MR) is 65.9 cm³/mol. The Bertz CT molecular complexity index is 351. The quantitative estimate of drug-likeness (QED) is 0.701. The van der Waals surface area contributed by atoms with Crippen molar-refractivity contribution in [2.75, 3.05) is 18.8 Å². The lowest BCUT2D eigenvalue weighted by Gasteiger charge is -2.32. The fraction of sp³-hybridized carbons (Fsp3) is 0.500. The molecular weight excluding hydrogens is 222 g/mol. The molecule has 1 heterocycles. The summed E-state index contributed by atoms with van der Waals surface area (Å²) in [5.41, 5.74) is -0.585. The zero-order valence-corrected chi connectivity index (χ0v) is 9.96. The zero-order chi connectivity index (χ0) is 11.4.